The van der Waals surface area contributed by atoms with Gasteiger partial charge in [-0.25, -0.2) is 4.79 Å². The Morgan fingerprint density at radius 3 is 2.42 bits per heavy atom. The first-order valence-electron chi connectivity index (χ1n) is 6.25. The minimum atomic E-state index is -0.516. The highest BCUT2D eigenvalue weighted by molar-refractivity contribution is 5.84. The van der Waals surface area contributed by atoms with Crippen LogP contribution in [0.2, 0.25) is 0 Å². The van der Waals surface area contributed by atoms with Gasteiger partial charge in [-0.3, -0.25) is 5.32 Å². The van der Waals surface area contributed by atoms with Crippen molar-refractivity contribution >= 4 is 11.8 Å². The van der Waals surface area contributed by atoms with Crippen molar-refractivity contribution in [1.29, 1.82) is 0 Å². The molecule has 1 amide bonds. The molecule has 1 unspecified atom stereocenters. The van der Waals surface area contributed by atoms with Gasteiger partial charge in [0.05, 0.1) is 6.61 Å². The number of nitrogens with two attached hydrogens (primary N) is 1. The number of carbonyl (C=O) groups is 1. The number of hydrogen-bond acceptors (Lipinski definition) is 4. The molecule has 0 bridgehead atoms. The van der Waals surface area contributed by atoms with Crippen molar-refractivity contribution in [2.75, 3.05) is 11.9 Å². The van der Waals surface area contributed by atoms with Crippen LogP contribution in [0.4, 0.5) is 10.5 Å². The number of aliphatic hydroxyl groups excluding tert-OH is 1. The van der Waals surface area contributed by atoms with Gasteiger partial charge in [-0.15, -0.1) is 0 Å². The van der Waals surface area contributed by atoms with Gasteiger partial charge in [-0.2, -0.15) is 0 Å². The molecule has 5 heteroatoms. The molecule has 0 heterocycles. The van der Waals surface area contributed by atoms with E-state index in [1.807, 2.05) is 32.9 Å². The van der Waals surface area contributed by atoms with Crippen molar-refractivity contribution < 1.29 is 14.6 Å². The number of carbonyl (C=O) groups excluding carboxylic acids is 1. The average molecular weight is 266 g/mol. The second-order valence-electron chi connectivity index (χ2n) is 5.47. The van der Waals surface area contributed by atoms with E-state index < -0.39 is 11.7 Å². The van der Waals surface area contributed by atoms with Crippen LogP contribution in [-0.4, -0.2) is 29.4 Å². The summed E-state index contributed by atoms with van der Waals surface area (Å²) in [5.74, 6) is 0. The predicted octanol–water partition coefficient (Wildman–Crippen LogP) is 1.90. The molecule has 0 aliphatic rings. The van der Waals surface area contributed by atoms with Gasteiger partial charge in [0.1, 0.15) is 5.60 Å². The molecule has 0 aliphatic heterocycles. The highest BCUT2D eigenvalue weighted by atomic mass is 16.6. The lowest BCUT2D eigenvalue weighted by Gasteiger charge is -2.19. The molecule has 106 valence electrons. The summed E-state index contributed by atoms with van der Waals surface area (Å²) in [6.45, 7) is 5.39. The molecule has 0 aromatic heterocycles. The van der Waals surface area contributed by atoms with E-state index in [-0.39, 0.29) is 12.6 Å². The number of aliphatic hydroxyl groups is 1. The quantitative estimate of drug-likeness (QED) is 0.777. The minimum absolute atomic E-state index is 0.0437. The molecule has 4 N–H and O–H groups in total. The van der Waals surface area contributed by atoms with Gasteiger partial charge in [0, 0.05) is 11.7 Å². The number of benzene rings is 1. The summed E-state index contributed by atoms with van der Waals surface area (Å²) in [5, 5.41) is 11.5. The molecule has 5 nitrogen and oxygen atoms in total. The maximum absolute atomic E-state index is 11.6. The maximum Gasteiger partial charge on any atom is 0.412 e. The first-order valence-corrected chi connectivity index (χ1v) is 6.25. The number of amides is 1. The largest absolute Gasteiger partial charge is 0.444 e. The van der Waals surface area contributed by atoms with Crippen molar-refractivity contribution in [3.8, 4) is 0 Å². The summed E-state index contributed by atoms with van der Waals surface area (Å²) >= 11 is 0. The third-order valence-electron chi connectivity index (χ3n) is 2.33. The third-order valence-corrected chi connectivity index (χ3v) is 2.33. The fourth-order valence-electron chi connectivity index (χ4n) is 1.51. The van der Waals surface area contributed by atoms with Crippen LogP contribution < -0.4 is 11.1 Å². The van der Waals surface area contributed by atoms with Crippen LogP contribution in [0.15, 0.2) is 24.3 Å². The molecule has 0 radical (unpaired) electrons. The van der Waals surface area contributed by atoms with E-state index in [4.69, 9.17) is 15.6 Å². The van der Waals surface area contributed by atoms with Crippen molar-refractivity contribution in [3.63, 3.8) is 0 Å². The third kappa shape index (κ3) is 6.22. The fraction of sp³-hybridized carbons (Fsp3) is 0.500. The summed E-state index contributed by atoms with van der Waals surface area (Å²) in [7, 11) is 0. The summed E-state index contributed by atoms with van der Waals surface area (Å²) in [4.78, 5) is 11.6. The molecule has 1 atom stereocenters. The SMILES string of the molecule is CC(C)(C)OC(=O)Nc1ccc(CC(N)CO)cc1. The molecule has 0 aliphatic carbocycles. The Labute approximate surface area is 113 Å². The molecule has 1 rings (SSSR count). The van der Waals surface area contributed by atoms with Crippen LogP contribution in [0.1, 0.15) is 26.3 Å². The number of hydrogen-bond donors (Lipinski definition) is 3. The van der Waals surface area contributed by atoms with Crippen molar-refractivity contribution in [2.45, 2.75) is 38.8 Å². The zero-order valence-electron chi connectivity index (χ0n) is 11.6. The standard InChI is InChI=1S/C14H22N2O3/c1-14(2,3)19-13(18)16-12-6-4-10(5-7-12)8-11(15)9-17/h4-7,11,17H,8-9,15H2,1-3H3,(H,16,18). The Hall–Kier alpha value is -1.59. The Kier molecular flexibility index (Phi) is 5.32. The predicted molar refractivity (Wildman–Crippen MR) is 75.1 cm³/mol. The van der Waals surface area contributed by atoms with Gasteiger partial charge in [-0.05, 0) is 44.9 Å². The van der Waals surface area contributed by atoms with Gasteiger partial charge >= 0.3 is 6.09 Å². The molecule has 0 saturated heterocycles. The second kappa shape index (κ2) is 6.54. The Morgan fingerprint density at radius 2 is 1.95 bits per heavy atom. The van der Waals surface area contributed by atoms with E-state index in [0.29, 0.717) is 12.1 Å². The van der Waals surface area contributed by atoms with Gasteiger partial charge in [0.2, 0.25) is 0 Å². The van der Waals surface area contributed by atoms with Gasteiger partial charge in [-0.1, -0.05) is 12.1 Å². The molecule has 0 fully saturated rings. The molecular weight excluding hydrogens is 244 g/mol. The van der Waals surface area contributed by atoms with Crippen molar-refractivity contribution in [2.24, 2.45) is 5.73 Å². The maximum atomic E-state index is 11.6. The second-order valence-corrected chi connectivity index (χ2v) is 5.47. The summed E-state index contributed by atoms with van der Waals surface area (Å²) in [6.07, 6.45) is 0.121. The van der Waals surface area contributed by atoms with E-state index in [1.54, 1.807) is 12.1 Å². The van der Waals surface area contributed by atoms with E-state index >= 15 is 0 Å². The minimum Gasteiger partial charge on any atom is -0.444 e. The van der Waals surface area contributed by atoms with Crippen LogP contribution in [0, 0.1) is 0 Å². The molecular formula is C14H22N2O3. The highest BCUT2D eigenvalue weighted by Gasteiger charge is 2.16. The average Bonchev–Trinajstić information content (AvgIpc) is 2.29. The van der Waals surface area contributed by atoms with Crippen molar-refractivity contribution in [3.05, 3.63) is 29.8 Å². The monoisotopic (exact) mass is 266 g/mol. The van der Waals surface area contributed by atoms with Gasteiger partial charge in [0.15, 0.2) is 0 Å². The smallest absolute Gasteiger partial charge is 0.412 e. The number of ether oxygens (including phenoxy) is 1. The van der Waals surface area contributed by atoms with Crippen LogP contribution in [0.3, 0.4) is 0 Å². The normalized spacial score (nSPS) is 12.9. The number of rotatable bonds is 4. The Morgan fingerprint density at radius 1 is 1.37 bits per heavy atom. The van der Waals surface area contributed by atoms with E-state index in [1.165, 1.54) is 0 Å². The lowest BCUT2D eigenvalue weighted by Crippen LogP contribution is -2.27. The van der Waals surface area contributed by atoms with E-state index in [0.717, 1.165) is 5.56 Å². The Bertz CT molecular complexity index is 410. The number of anilines is 1. The number of nitrogens with one attached hydrogen (secondary N) is 1. The summed E-state index contributed by atoms with van der Waals surface area (Å²) in [6, 6.07) is 7.03. The zero-order chi connectivity index (χ0) is 14.5. The highest BCUT2D eigenvalue weighted by Crippen LogP contribution is 2.13. The van der Waals surface area contributed by atoms with Crippen LogP contribution >= 0.6 is 0 Å². The fourth-order valence-corrected chi connectivity index (χ4v) is 1.51. The van der Waals surface area contributed by atoms with E-state index in [2.05, 4.69) is 5.32 Å². The van der Waals surface area contributed by atoms with E-state index in [9.17, 15) is 4.79 Å². The zero-order valence-corrected chi connectivity index (χ0v) is 11.6. The molecule has 1 aromatic carbocycles. The lowest BCUT2D eigenvalue weighted by atomic mass is 10.1. The Balaban J connectivity index is 2.55. The topological polar surface area (TPSA) is 84.6 Å². The molecule has 1 aromatic rings. The van der Waals surface area contributed by atoms with Crippen molar-refractivity contribution in [1.82, 2.24) is 0 Å². The van der Waals surface area contributed by atoms with Crippen LogP contribution in [-0.2, 0) is 11.2 Å². The summed E-state index contributed by atoms with van der Waals surface area (Å²) in [5.41, 5.74) is 6.81. The van der Waals surface area contributed by atoms with Crippen LogP contribution in [0.25, 0.3) is 0 Å². The molecule has 0 saturated carbocycles. The first kappa shape index (κ1) is 15.5. The summed E-state index contributed by atoms with van der Waals surface area (Å²) < 4.78 is 5.15. The first-order chi connectivity index (χ1) is 8.80. The van der Waals surface area contributed by atoms with Gasteiger partial charge < -0.3 is 15.6 Å². The van der Waals surface area contributed by atoms with Crippen LogP contribution in [0.5, 0.6) is 0 Å². The molecule has 0 spiro atoms. The van der Waals surface area contributed by atoms with Gasteiger partial charge in [0.25, 0.3) is 0 Å². The molecule has 19 heavy (non-hydrogen) atoms. The lowest BCUT2D eigenvalue weighted by molar-refractivity contribution is 0.0636.